The fourth-order valence-corrected chi connectivity index (χ4v) is 4.70. The zero-order valence-corrected chi connectivity index (χ0v) is 14.6. The molecule has 4 rings (SSSR count). The molecule has 5 heteroatoms. The number of hydrogen-bond acceptors (Lipinski definition) is 3. The maximum atomic E-state index is 4.53. The second-order valence-corrected chi connectivity index (χ2v) is 7.43. The Balaban J connectivity index is 1.47. The van der Waals surface area contributed by atoms with E-state index < -0.39 is 0 Å². The van der Waals surface area contributed by atoms with E-state index in [1.165, 1.54) is 22.9 Å². The zero-order valence-electron chi connectivity index (χ0n) is 11.3. The Morgan fingerprint density at radius 2 is 1.90 bits per heavy atom. The van der Waals surface area contributed by atoms with Gasteiger partial charge in [0.05, 0.1) is 0 Å². The summed E-state index contributed by atoms with van der Waals surface area (Å²) in [5.41, 5.74) is 4.67. The Bertz CT molecular complexity index is 780. The first-order valence-corrected chi connectivity index (χ1v) is 9.36. The summed E-state index contributed by atoms with van der Waals surface area (Å²) in [6.45, 7) is 0. The van der Waals surface area contributed by atoms with E-state index in [1.54, 1.807) is 0 Å². The van der Waals surface area contributed by atoms with Crippen LogP contribution in [0.25, 0.3) is 11.0 Å². The number of halogens is 1. The van der Waals surface area contributed by atoms with Gasteiger partial charge in [0.2, 0.25) is 0 Å². The van der Waals surface area contributed by atoms with Gasteiger partial charge in [-0.25, -0.2) is 0 Å². The standard InChI is InChI=1S/C16H14BrN3Se/c17-13-5-2-1-4-12(13)10-8-11(9-10)18-14-6-3-7-15-16(14)20-21-19-15/h1-7,10-11,18H,8-9H2. The molecule has 1 fully saturated rings. The molecular weight excluding hydrogens is 393 g/mol. The van der Waals surface area contributed by atoms with Gasteiger partial charge in [0.1, 0.15) is 0 Å². The second-order valence-electron chi connectivity index (χ2n) is 5.47. The SMILES string of the molecule is Brc1ccccc1C1CC(Nc2cccc3n[se]nc23)C1. The molecule has 0 amide bonds. The summed E-state index contributed by atoms with van der Waals surface area (Å²) in [6.07, 6.45) is 2.35. The molecule has 0 unspecified atom stereocenters. The average Bonchev–Trinajstić information content (AvgIpc) is 2.93. The van der Waals surface area contributed by atoms with E-state index in [0.29, 0.717) is 12.0 Å². The molecule has 0 atom stereocenters. The monoisotopic (exact) mass is 407 g/mol. The first kappa shape index (κ1) is 13.5. The summed E-state index contributed by atoms with van der Waals surface area (Å²) in [6, 6.07) is 15.3. The summed E-state index contributed by atoms with van der Waals surface area (Å²) < 4.78 is 10.2. The van der Waals surface area contributed by atoms with Gasteiger partial charge in [-0.15, -0.1) is 0 Å². The van der Waals surface area contributed by atoms with Crippen molar-refractivity contribution in [1.29, 1.82) is 0 Å². The van der Waals surface area contributed by atoms with Crippen LogP contribution in [0.4, 0.5) is 5.69 Å². The summed E-state index contributed by atoms with van der Waals surface area (Å²) >= 11 is 3.69. The molecule has 1 saturated carbocycles. The third-order valence-corrected chi connectivity index (χ3v) is 5.99. The van der Waals surface area contributed by atoms with E-state index in [0.717, 1.165) is 16.7 Å². The number of nitrogens with one attached hydrogen (secondary N) is 1. The third-order valence-electron chi connectivity index (χ3n) is 4.13. The average molecular weight is 407 g/mol. The summed E-state index contributed by atoms with van der Waals surface area (Å²) in [7, 11) is 0. The van der Waals surface area contributed by atoms with E-state index in [1.807, 2.05) is 6.07 Å². The summed E-state index contributed by atoms with van der Waals surface area (Å²) in [4.78, 5) is 0. The van der Waals surface area contributed by atoms with Crippen molar-refractivity contribution in [2.45, 2.75) is 24.8 Å². The van der Waals surface area contributed by atoms with E-state index >= 15 is 0 Å². The van der Waals surface area contributed by atoms with Crippen molar-refractivity contribution in [3.8, 4) is 0 Å². The van der Waals surface area contributed by atoms with Gasteiger partial charge in [0.25, 0.3) is 0 Å². The molecule has 3 nitrogen and oxygen atoms in total. The minimum absolute atomic E-state index is 0.0389. The number of hydrogen-bond donors (Lipinski definition) is 1. The summed E-state index contributed by atoms with van der Waals surface area (Å²) in [5.74, 6) is 0.653. The maximum absolute atomic E-state index is 4.53. The number of fused-ring (bicyclic) bond motifs is 1. The van der Waals surface area contributed by atoms with Crippen LogP contribution in [0.3, 0.4) is 0 Å². The van der Waals surface area contributed by atoms with Crippen molar-refractivity contribution >= 4 is 47.6 Å². The van der Waals surface area contributed by atoms with Gasteiger partial charge in [-0.05, 0) is 0 Å². The molecule has 3 aromatic rings. The van der Waals surface area contributed by atoms with Gasteiger partial charge in [-0.3, -0.25) is 0 Å². The Hall–Kier alpha value is -1.16. The molecule has 0 radical (unpaired) electrons. The number of rotatable bonds is 3. The van der Waals surface area contributed by atoms with Crippen molar-refractivity contribution in [2.24, 2.45) is 0 Å². The van der Waals surface area contributed by atoms with Crippen molar-refractivity contribution in [2.75, 3.05) is 5.32 Å². The van der Waals surface area contributed by atoms with Gasteiger partial charge in [0, 0.05) is 0 Å². The van der Waals surface area contributed by atoms with Crippen molar-refractivity contribution in [1.82, 2.24) is 7.96 Å². The quantitative estimate of drug-likeness (QED) is 0.672. The third kappa shape index (κ3) is 2.54. The van der Waals surface area contributed by atoms with Gasteiger partial charge in [-0.1, -0.05) is 0 Å². The predicted octanol–water partition coefficient (Wildman–Crippen LogP) is 3.81. The van der Waals surface area contributed by atoms with Crippen LogP contribution in [0.5, 0.6) is 0 Å². The van der Waals surface area contributed by atoms with Crippen LogP contribution in [-0.2, 0) is 0 Å². The Morgan fingerprint density at radius 3 is 2.76 bits per heavy atom. The molecule has 1 heterocycles. The van der Waals surface area contributed by atoms with Crippen LogP contribution in [0, 0.1) is 0 Å². The molecule has 0 saturated heterocycles. The molecule has 106 valence electrons. The Kier molecular flexibility index (Phi) is 3.57. The van der Waals surface area contributed by atoms with Crippen molar-refractivity contribution in [3.63, 3.8) is 0 Å². The van der Waals surface area contributed by atoms with Crippen LogP contribution in [0.2, 0.25) is 0 Å². The van der Waals surface area contributed by atoms with Crippen LogP contribution in [0.15, 0.2) is 46.9 Å². The normalized spacial score (nSPS) is 21.2. The van der Waals surface area contributed by atoms with Gasteiger partial charge >= 0.3 is 138 Å². The first-order valence-electron chi connectivity index (χ1n) is 7.03. The van der Waals surface area contributed by atoms with E-state index in [2.05, 4.69) is 65.6 Å². The van der Waals surface area contributed by atoms with Gasteiger partial charge < -0.3 is 0 Å². The van der Waals surface area contributed by atoms with E-state index in [9.17, 15) is 0 Å². The molecule has 1 aliphatic carbocycles. The molecule has 0 aliphatic heterocycles. The Labute approximate surface area is 138 Å². The molecule has 1 N–H and O–H groups in total. The van der Waals surface area contributed by atoms with Gasteiger partial charge in [0.15, 0.2) is 0 Å². The first-order chi connectivity index (χ1) is 10.3. The van der Waals surface area contributed by atoms with Crippen LogP contribution in [-0.4, -0.2) is 29.0 Å². The van der Waals surface area contributed by atoms with Gasteiger partial charge in [-0.2, -0.15) is 0 Å². The van der Waals surface area contributed by atoms with Crippen LogP contribution < -0.4 is 5.32 Å². The molecule has 1 aliphatic rings. The van der Waals surface area contributed by atoms with E-state index in [4.69, 9.17) is 0 Å². The number of nitrogens with zero attached hydrogens (tertiary/aromatic N) is 2. The molecule has 2 aromatic carbocycles. The van der Waals surface area contributed by atoms with Crippen molar-refractivity contribution in [3.05, 3.63) is 52.5 Å². The van der Waals surface area contributed by atoms with E-state index in [-0.39, 0.29) is 15.0 Å². The van der Waals surface area contributed by atoms with Crippen molar-refractivity contribution < 1.29 is 0 Å². The molecule has 0 spiro atoms. The number of benzene rings is 2. The second kappa shape index (κ2) is 5.56. The Morgan fingerprint density at radius 1 is 1.05 bits per heavy atom. The van der Waals surface area contributed by atoms with Crippen LogP contribution >= 0.6 is 15.9 Å². The topological polar surface area (TPSA) is 37.8 Å². The fraction of sp³-hybridized carbons (Fsp3) is 0.250. The fourth-order valence-electron chi connectivity index (χ4n) is 2.94. The zero-order chi connectivity index (χ0) is 14.2. The molecule has 1 aromatic heterocycles. The minimum atomic E-state index is 0.0389. The molecule has 0 bridgehead atoms. The van der Waals surface area contributed by atoms with Crippen LogP contribution in [0.1, 0.15) is 24.3 Å². The summed E-state index contributed by atoms with van der Waals surface area (Å²) in [5, 5.41) is 3.64. The number of aromatic nitrogens is 2. The molecular formula is C16H14BrN3Se. The predicted molar refractivity (Wildman–Crippen MR) is 90.0 cm³/mol. The molecule has 21 heavy (non-hydrogen) atoms. The number of anilines is 1.